The Bertz CT molecular complexity index is 2790. The minimum absolute atomic E-state index is 0.0332. The lowest BCUT2D eigenvalue weighted by Crippen LogP contribution is -2.40. The van der Waals surface area contributed by atoms with Crippen LogP contribution in [0.25, 0.3) is 33.3 Å². The molecule has 15 nitrogen and oxygen atoms in total. The molecule has 1 aliphatic carbocycles. The first-order valence-electron chi connectivity index (χ1n) is 23.9. The average molecular weight is 922 g/mol. The van der Waals surface area contributed by atoms with Crippen molar-refractivity contribution in [3.05, 3.63) is 101 Å². The Balaban J connectivity index is 0.694. The lowest BCUT2D eigenvalue weighted by molar-refractivity contribution is -0.129. The number of carbonyl (C=O) groups is 2. The molecular formula is C51H57ClN12O3. The maximum atomic E-state index is 13.1. The van der Waals surface area contributed by atoms with Gasteiger partial charge in [-0.1, -0.05) is 29.8 Å². The van der Waals surface area contributed by atoms with E-state index in [1.54, 1.807) is 35.9 Å². The van der Waals surface area contributed by atoms with Gasteiger partial charge in [0.2, 0.25) is 5.91 Å². The summed E-state index contributed by atoms with van der Waals surface area (Å²) in [5, 5.41) is 33.4. The second-order valence-electron chi connectivity index (χ2n) is 18.8. The summed E-state index contributed by atoms with van der Waals surface area (Å²) in [5.74, 6) is 2.04. The van der Waals surface area contributed by atoms with Crippen LogP contribution in [0.1, 0.15) is 98.1 Å². The summed E-state index contributed by atoms with van der Waals surface area (Å²) in [6.07, 6.45) is 15.3. The zero-order valence-corrected chi connectivity index (χ0v) is 39.0. The number of hydrogen-bond donors (Lipinski definition) is 1. The summed E-state index contributed by atoms with van der Waals surface area (Å²) in [7, 11) is 1.91. The number of benzene rings is 2. The van der Waals surface area contributed by atoms with Crippen LogP contribution >= 0.6 is 11.6 Å². The molecule has 0 atom stereocenters. The second kappa shape index (κ2) is 19.5. The van der Waals surface area contributed by atoms with Gasteiger partial charge < -0.3 is 24.8 Å². The maximum Gasteiger partial charge on any atom is 0.272 e. The van der Waals surface area contributed by atoms with E-state index in [4.69, 9.17) is 31.7 Å². The molecule has 4 aliphatic rings. The number of carbonyl (C=O) groups excluding carboxylic acids is 2. The van der Waals surface area contributed by atoms with Crippen LogP contribution in [0.2, 0.25) is 5.02 Å². The minimum Gasteiger partial charge on any atom is -0.490 e. The monoisotopic (exact) mass is 920 g/mol. The quantitative estimate of drug-likeness (QED) is 0.135. The maximum absolute atomic E-state index is 13.1. The summed E-state index contributed by atoms with van der Waals surface area (Å²) in [4.78, 5) is 37.5. The largest absolute Gasteiger partial charge is 0.490 e. The van der Waals surface area contributed by atoms with Crippen molar-refractivity contribution in [3.63, 3.8) is 0 Å². The van der Waals surface area contributed by atoms with Crippen LogP contribution in [0.3, 0.4) is 0 Å². The molecule has 2 aromatic carbocycles. The van der Waals surface area contributed by atoms with Gasteiger partial charge in [-0.15, -0.1) is 10.2 Å². The van der Waals surface area contributed by atoms with Crippen LogP contribution in [0.4, 0.5) is 5.82 Å². The molecule has 346 valence electrons. The van der Waals surface area contributed by atoms with Gasteiger partial charge in [0.1, 0.15) is 11.8 Å². The van der Waals surface area contributed by atoms with Gasteiger partial charge in [0, 0.05) is 112 Å². The van der Waals surface area contributed by atoms with E-state index in [1.165, 1.54) is 12.1 Å². The molecule has 10 rings (SSSR count). The van der Waals surface area contributed by atoms with Gasteiger partial charge in [-0.05, 0) is 106 Å². The van der Waals surface area contributed by atoms with Crippen molar-refractivity contribution in [2.24, 2.45) is 13.0 Å². The van der Waals surface area contributed by atoms with E-state index in [-0.39, 0.29) is 24.0 Å². The summed E-state index contributed by atoms with van der Waals surface area (Å²) >= 11 is 6.18. The van der Waals surface area contributed by atoms with Gasteiger partial charge in [0.05, 0.1) is 40.3 Å². The number of nitrogens with zero attached hydrogens (tertiary/aromatic N) is 11. The van der Waals surface area contributed by atoms with E-state index in [9.17, 15) is 9.59 Å². The van der Waals surface area contributed by atoms with Crippen LogP contribution in [-0.2, 0) is 24.8 Å². The van der Waals surface area contributed by atoms with Crippen molar-refractivity contribution in [1.82, 2.24) is 49.9 Å². The molecule has 0 unspecified atom stereocenters. The molecule has 4 aromatic heterocycles. The fraction of sp³-hybridized carbons (Fsp3) is 0.451. The molecule has 2 saturated heterocycles. The normalized spacial score (nSPS) is 19.6. The van der Waals surface area contributed by atoms with E-state index >= 15 is 0 Å². The van der Waals surface area contributed by atoms with Crippen molar-refractivity contribution < 1.29 is 14.3 Å². The molecule has 6 aromatic rings. The van der Waals surface area contributed by atoms with Gasteiger partial charge in [-0.25, -0.2) is 0 Å². The van der Waals surface area contributed by atoms with Gasteiger partial charge in [-0.2, -0.15) is 15.5 Å². The van der Waals surface area contributed by atoms with Crippen molar-refractivity contribution in [1.29, 1.82) is 5.26 Å². The Morgan fingerprint density at radius 1 is 0.925 bits per heavy atom. The number of likely N-dealkylation sites (tertiary alicyclic amines) is 1. The number of fused-ring (bicyclic) bond motifs is 2. The van der Waals surface area contributed by atoms with Crippen molar-refractivity contribution in [2.75, 3.05) is 44.2 Å². The number of ether oxygens (including phenoxy) is 1. The van der Waals surface area contributed by atoms with Crippen LogP contribution in [-0.4, -0.2) is 108 Å². The summed E-state index contributed by atoms with van der Waals surface area (Å²) < 4.78 is 10.2. The van der Waals surface area contributed by atoms with Gasteiger partial charge in [-0.3, -0.25) is 23.9 Å². The van der Waals surface area contributed by atoms with E-state index in [2.05, 4.69) is 65.4 Å². The van der Waals surface area contributed by atoms with Crippen LogP contribution in [0.5, 0.6) is 5.75 Å². The summed E-state index contributed by atoms with van der Waals surface area (Å²) in [6.45, 7) is 8.00. The Hall–Kier alpha value is -6.37. The Kier molecular flexibility index (Phi) is 12.9. The minimum atomic E-state index is -0.199. The molecule has 0 bridgehead atoms. The van der Waals surface area contributed by atoms with Crippen molar-refractivity contribution in [3.8, 4) is 34.3 Å². The molecule has 67 heavy (non-hydrogen) atoms. The zero-order chi connectivity index (χ0) is 46.0. The number of amides is 2. The predicted octanol–water partition coefficient (Wildman–Crippen LogP) is 7.78. The van der Waals surface area contributed by atoms with Crippen molar-refractivity contribution in [2.45, 2.75) is 95.9 Å². The first-order chi connectivity index (χ1) is 32.6. The second-order valence-corrected chi connectivity index (χ2v) is 19.2. The number of halogens is 1. The van der Waals surface area contributed by atoms with E-state index in [1.807, 2.05) is 36.6 Å². The Morgan fingerprint density at radius 3 is 2.46 bits per heavy atom. The average Bonchev–Trinajstić information content (AvgIpc) is 3.97. The molecule has 1 N–H and O–H groups in total. The highest BCUT2D eigenvalue weighted by Gasteiger charge is 2.32. The third-order valence-corrected chi connectivity index (χ3v) is 14.8. The fourth-order valence-electron chi connectivity index (χ4n) is 10.6. The smallest absolute Gasteiger partial charge is 0.272 e. The molecule has 3 aliphatic heterocycles. The van der Waals surface area contributed by atoms with E-state index in [0.717, 1.165) is 135 Å². The van der Waals surface area contributed by atoms with Crippen LogP contribution in [0, 0.1) is 17.2 Å². The lowest BCUT2D eigenvalue weighted by Gasteiger charge is -2.36. The SMILES string of the molecule is CC(=O)N1CCc2c(c(-c3cccc4cc(-c5cnn(C)c5)ncc34)nn2C2CCN(CCC3CCN(c4ccc(C(=O)NC5CCC(Oc6ccc(C#N)c(Cl)c6)CC5)nn4)CC3)CC2)C1. The lowest BCUT2D eigenvalue weighted by atomic mass is 9.92. The highest BCUT2D eigenvalue weighted by Crippen LogP contribution is 2.38. The molecule has 2 amide bonds. The number of nitriles is 1. The number of anilines is 1. The van der Waals surface area contributed by atoms with Crippen LogP contribution in [0.15, 0.2) is 73.2 Å². The Labute approximate surface area is 396 Å². The number of nitrogens with one attached hydrogen (secondary N) is 1. The third-order valence-electron chi connectivity index (χ3n) is 14.5. The predicted molar refractivity (Wildman–Crippen MR) is 257 cm³/mol. The number of aromatic nitrogens is 7. The first-order valence-corrected chi connectivity index (χ1v) is 24.3. The first kappa shape index (κ1) is 44.5. The molecule has 3 fully saturated rings. The number of hydrogen-bond acceptors (Lipinski definition) is 11. The highest BCUT2D eigenvalue weighted by atomic mass is 35.5. The van der Waals surface area contributed by atoms with E-state index < -0.39 is 0 Å². The third kappa shape index (κ3) is 9.74. The number of aryl methyl sites for hydroxylation is 1. The van der Waals surface area contributed by atoms with Gasteiger partial charge in [0.25, 0.3) is 5.91 Å². The van der Waals surface area contributed by atoms with Crippen LogP contribution < -0.4 is 15.0 Å². The molecule has 7 heterocycles. The number of rotatable bonds is 11. The van der Waals surface area contributed by atoms with Gasteiger partial charge in [0.15, 0.2) is 11.5 Å². The fourth-order valence-corrected chi connectivity index (χ4v) is 10.8. The number of piperidine rings is 2. The molecule has 0 radical (unpaired) electrons. The summed E-state index contributed by atoms with van der Waals surface area (Å²) in [5.41, 5.74) is 7.09. The standard InChI is InChI=1S/C51H57ClN12O3/c1-33(65)63-25-19-48-44(32-63)50(42-5-3-4-35-26-47(54-30-43(35)42)37-29-55-60(2)31-37)59-64(48)39-17-21-61(22-18-39)20-14-34-15-23-62(24-16-34)49-13-12-46(57-58-49)51(66)56-38-7-10-40(11-8-38)67-41-9-6-36(28-53)45(52)27-41/h3-6,9,12-13,26-27,29-31,34,38-40H,7-8,10-11,14-25,32H2,1-2H3,(H,56,66). The van der Waals surface area contributed by atoms with Gasteiger partial charge >= 0.3 is 0 Å². The number of pyridine rings is 1. The highest BCUT2D eigenvalue weighted by molar-refractivity contribution is 6.31. The van der Waals surface area contributed by atoms with Crippen molar-refractivity contribution >= 4 is 40.0 Å². The topological polar surface area (TPSA) is 163 Å². The summed E-state index contributed by atoms with van der Waals surface area (Å²) in [6, 6.07) is 19.8. The Morgan fingerprint density at radius 2 is 1.75 bits per heavy atom. The van der Waals surface area contributed by atoms with E-state index in [0.29, 0.717) is 47.1 Å². The molecular weight excluding hydrogens is 864 g/mol. The molecule has 1 saturated carbocycles. The zero-order valence-electron chi connectivity index (χ0n) is 38.3. The molecule has 0 spiro atoms. The molecule has 16 heteroatoms.